The van der Waals surface area contributed by atoms with Crippen molar-refractivity contribution in [1.29, 1.82) is 0 Å². The Balaban J connectivity index is 2.36. The molecule has 0 amide bonds. The van der Waals surface area contributed by atoms with Crippen LogP contribution in [0, 0.1) is 10.8 Å². The van der Waals surface area contributed by atoms with E-state index in [0.29, 0.717) is 10.8 Å². The first-order valence-corrected chi connectivity index (χ1v) is 6.51. The Hall–Kier alpha value is -0.0400. The summed E-state index contributed by atoms with van der Waals surface area (Å²) in [7, 11) is 1.80. The van der Waals surface area contributed by atoms with E-state index in [4.69, 9.17) is 4.74 Å². The third kappa shape index (κ3) is 3.21. The SMILES string of the molecule is COCCCCC(C)(C)C1(C)CCCC1. The van der Waals surface area contributed by atoms with Crippen molar-refractivity contribution in [3.05, 3.63) is 0 Å². The lowest BCUT2D eigenvalue weighted by Crippen LogP contribution is -2.32. The van der Waals surface area contributed by atoms with Crippen LogP contribution < -0.4 is 0 Å². The summed E-state index contributed by atoms with van der Waals surface area (Å²) >= 11 is 0. The summed E-state index contributed by atoms with van der Waals surface area (Å²) in [4.78, 5) is 0. The van der Waals surface area contributed by atoms with Crippen molar-refractivity contribution in [2.24, 2.45) is 10.8 Å². The highest BCUT2D eigenvalue weighted by molar-refractivity contribution is 4.92. The summed E-state index contributed by atoms with van der Waals surface area (Å²) in [6, 6.07) is 0. The summed E-state index contributed by atoms with van der Waals surface area (Å²) in [6.07, 6.45) is 9.64. The fourth-order valence-electron chi connectivity index (χ4n) is 2.95. The van der Waals surface area contributed by atoms with Crippen molar-refractivity contribution < 1.29 is 4.74 Å². The molecule has 0 radical (unpaired) electrons. The largest absolute Gasteiger partial charge is 0.385 e. The van der Waals surface area contributed by atoms with E-state index in [1.807, 2.05) is 0 Å². The summed E-state index contributed by atoms with van der Waals surface area (Å²) in [5, 5.41) is 0. The molecule has 1 heteroatoms. The average Bonchev–Trinajstić information content (AvgIpc) is 2.62. The minimum absolute atomic E-state index is 0.511. The Kier molecular flexibility index (Phi) is 4.64. The van der Waals surface area contributed by atoms with Crippen molar-refractivity contribution in [2.45, 2.75) is 65.7 Å². The van der Waals surface area contributed by atoms with Crippen LogP contribution in [0.15, 0.2) is 0 Å². The fraction of sp³-hybridized carbons (Fsp3) is 1.00. The molecule has 0 bridgehead atoms. The molecule has 0 spiro atoms. The summed E-state index contributed by atoms with van der Waals surface area (Å²) in [5.41, 5.74) is 1.11. The standard InChI is InChI=1S/C14H28O/c1-13(2,9-7-8-12-15-4)14(3)10-5-6-11-14/h5-12H2,1-4H3. The third-order valence-electron chi connectivity index (χ3n) is 4.74. The molecular formula is C14H28O. The lowest BCUT2D eigenvalue weighted by molar-refractivity contribution is 0.0785. The first kappa shape index (κ1) is 13.0. The smallest absolute Gasteiger partial charge is 0.0462 e. The van der Waals surface area contributed by atoms with Crippen LogP contribution in [0.1, 0.15) is 65.7 Å². The number of methoxy groups -OCH3 is 1. The molecule has 0 atom stereocenters. The lowest BCUT2D eigenvalue weighted by atomic mass is 9.63. The Morgan fingerprint density at radius 1 is 1.13 bits per heavy atom. The molecule has 0 unspecified atom stereocenters. The second kappa shape index (κ2) is 5.34. The van der Waals surface area contributed by atoms with E-state index in [9.17, 15) is 0 Å². The number of hydrogen-bond donors (Lipinski definition) is 0. The van der Waals surface area contributed by atoms with Crippen molar-refractivity contribution in [2.75, 3.05) is 13.7 Å². The second-order valence-electron chi connectivity index (χ2n) is 6.10. The molecule has 1 aliphatic rings. The topological polar surface area (TPSA) is 9.23 Å². The second-order valence-corrected chi connectivity index (χ2v) is 6.10. The van der Waals surface area contributed by atoms with Gasteiger partial charge in [0.2, 0.25) is 0 Å². The van der Waals surface area contributed by atoms with E-state index in [-0.39, 0.29) is 0 Å². The molecule has 1 nitrogen and oxygen atoms in total. The molecule has 0 aromatic carbocycles. The van der Waals surface area contributed by atoms with Crippen LogP contribution in [0.3, 0.4) is 0 Å². The Labute approximate surface area is 95.6 Å². The van der Waals surface area contributed by atoms with Crippen LogP contribution in [0.5, 0.6) is 0 Å². The van der Waals surface area contributed by atoms with Crippen LogP contribution in [0.4, 0.5) is 0 Å². The van der Waals surface area contributed by atoms with Crippen LogP contribution in [0.2, 0.25) is 0 Å². The van der Waals surface area contributed by atoms with Gasteiger partial charge in [-0.25, -0.2) is 0 Å². The molecular weight excluding hydrogens is 184 g/mol. The van der Waals surface area contributed by atoms with Gasteiger partial charge in [0.1, 0.15) is 0 Å². The van der Waals surface area contributed by atoms with Gasteiger partial charge >= 0.3 is 0 Å². The van der Waals surface area contributed by atoms with Gasteiger partial charge in [-0.1, -0.05) is 40.0 Å². The molecule has 0 saturated heterocycles. The zero-order valence-electron chi connectivity index (χ0n) is 11.1. The number of unbranched alkanes of at least 4 members (excludes halogenated alkanes) is 1. The van der Waals surface area contributed by atoms with Gasteiger partial charge in [0, 0.05) is 13.7 Å². The maximum absolute atomic E-state index is 5.11. The molecule has 0 aromatic rings. The van der Waals surface area contributed by atoms with Gasteiger partial charge in [0.05, 0.1) is 0 Å². The molecule has 0 heterocycles. The van der Waals surface area contributed by atoms with E-state index in [1.165, 1.54) is 44.9 Å². The van der Waals surface area contributed by atoms with Gasteiger partial charge in [-0.15, -0.1) is 0 Å². The van der Waals surface area contributed by atoms with Crippen molar-refractivity contribution in [3.63, 3.8) is 0 Å². The van der Waals surface area contributed by atoms with E-state index in [1.54, 1.807) is 7.11 Å². The van der Waals surface area contributed by atoms with Gasteiger partial charge in [-0.3, -0.25) is 0 Å². The Morgan fingerprint density at radius 2 is 1.73 bits per heavy atom. The lowest BCUT2D eigenvalue weighted by Gasteiger charge is -2.42. The monoisotopic (exact) mass is 212 g/mol. The quantitative estimate of drug-likeness (QED) is 0.593. The zero-order valence-corrected chi connectivity index (χ0v) is 11.1. The molecule has 0 aliphatic heterocycles. The van der Waals surface area contributed by atoms with Crippen molar-refractivity contribution >= 4 is 0 Å². The Bertz CT molecular complexity index is 178. The molecule has 1 saturated carbocycles. The van der Waals surface area contributed by atoms with Crippen LogP contribution >= 0.6 is 0 Å². The van der Waals surface area contributed by atoms with E-state index in [2.05, 4.69) is 20.8 Å². The van der Waals surface area contributed by atoms with Crippen molar-refractivity contribution in [3.8, 4) is 0 Å². The molecule has 0 N–H and O–H groups in total. The highest BCUT2D eigenvalue weighted by Crippen LogP contribution is 2.53. The molecule has 0 aromatic heterocycles. The van der Waals surface area contributed by atoms with Crippen molar-refractivity contribution in [1.82, 2.24) is 0 Å². The highest BCUT2D eigenvalue weighted by atomic mass is 16.5. The molecule has 1 rings (SSSR count). The average molecular weight is 212 g/mol. The van der Waals surface area contributed by atoms with E-state index < -0.39 is 0 Å². The van der Waals surface area contributed by atoms with E-state index >= 15 is 0 Å². The van der Waals surface area contributed by atoms with Gasteiger partial charge in [-0.2, -0.15) is 0 Å². The zero-order chi connectivity index (χ0) is 11.4. The maximum atomic E-state index is 5.11. The summed E-state index contributed by atoms with van der Waals surface area (Å²) in [6.45, 7) is 8.35. The highest BCUT2D eigenvalue weighted by Gasteiger charge is 2.41. The van der Waals surface area contributed by atoms with Gasteiger partial charge in [-0.05, 0) is 36.5 Å². The number of hydrogen-bond acceptors (Lipinski definition) is 1. The molecule has 1 aliphatic carbocycles. The third-order valence-corrected chi connectivity index (χ3v) is 4.74. The van der Waals surface area contributed by atoms with Crippen LogP contribution in [-0.4, -0.2) is 13.7 Å². The first-order valence-electron chi connectivity index (χ1n) is 6.51. The molecule has 15 heavy (non-hydrogen) atoms. The fourth-order valence-corrected chi connectivity index (χ4v) is 2.95. The predicted octanol–water partition coefficient (Wildman–Crippen LogP) is 4.41. The first-order chi connectivity index (χ1) is 7.02. The molecule has 1 fully saturated rings. The summed E-state index contributed by atoms with van der Waals surface area (Å²) < 4.78 is 5.11. The van der Waals surface area contributed by atoms with Gasteiger partial charge in [0.25, 0.3) is 0 Å². The number of rotatable bonds is 6. The van der Waals surface area contributed by atoms with Gasteiger partial charge < -0.3 is 4.74 Å². The Morgan fingerprint density at radius 3 is 2.27 bits per heavy atom. The normalized spacial score (nSPS) is 20.8. The van der Waals surface area contributed by atoms with Crippen LogP contribution in [0.25, 0.3) is 0 Å². The van der Waals surface area contributed by atoms with Crippen LogP contribution in [-0.2, 0) is 4.74 Å². The minimum Gasteiger partial charge on any atom is -0.385 e. The maximum Gasteiger partial charge on any atom is 0.0462 e. The van der Waals surface area contributed by atoms with E-state index in [0.717, 1.165) is 6.61 Å². The molecule has 90 valence electrons. The summed E-state index contributed by atoms with van der Waals surface area (Å²) in [5.74, 6) is 0. The number of ether oxygens (including phenoxy) is 1. The van der Waals surface area contributed by atoms with Gasteiger partial charge in [0.15, 0.2) is 0 Å². The minimum atomic E-state index is 0.511. The predicted molar refractivity (Wildman–Crippen MR) is 66.1 cm³/mol.